The highest BCUT2D eigenvalue weighted by Crippen LogP contribution is 2.36. The summed E-state index contributed by atoms with van der Waals surface area (Å²) in [5.74, 6) is -4.70. The molecule has 0 spiro atoms. The molecule has 176 valence electrons. The summed E-state index contributed by atoms with van der Waals surface area (Å²) in [5, 5.41) is 26.0. The SMILES string of the molecule is CC(=O)Nc1ccc(S(=O)(=O)NC[C@H]2Cc3c(sc(NC(=O)C(=O)O)c3C(=O)O)CN2)cc1. The number of carbonyl (C=O) groups is 4. The summed E-state index contributed by atoms with van der Waals surface area (Å²) in [6, 6.07) is 5.16. The minimum atomic E-state index is -3.87. The highest BCUT2D eigenvalue weighted by molar-refractivity contribution is 7.89. The van der Waals surface area contributed by atoms with Gasteiger partial charge >= 0.3 is 17.8 Å². The Labute approximate surface area is 192 Å². The van der Waals surface area contributed by atoms with Gasteiger partial charge in [-0.05, 0) is 36.2 Å². The second kappa shape index (κ2) is 9.66. The van der Waals surface area contributed by atoms with Gasteiger partial charge in [-0.15, -0.1) is 11.3 Å². The van der Waals surface area contributed by atoms with Gasteiger partial charge in [-0.1, -0.05) is 0 Å². The summed E-state index contributed by atoms with van der Waals surface area (Å²) in [6.07, 6.45) is 0.153. The summed E-state index contributed by atoms with van der Waals surface area (Å²) in [4.78, 5) is 45.7. The molecule has 0 fully saturated rings. The molecule has 2 aromatic rings. The fourth-order valence-electron chi connectivity index (χ4n) is 3.26. The van der Waals surface area contributed by atoms with E-state index >= 15 is 0 Å². The smallest absolute Gasteiger partial charge is 0.394 e. The molecule has 12 nitrogen and oxygen atoms in total. The van der Waals surface area contributed by atoms with Crippen LogP contribution in [0.3, 0.4) is 0 Å². The first-order valence-corrected chi connectivity index (χ1v) is 11.8. The normalized spacial score (nSPS) is 15.4. The summed E-state index contributed by atoms with van der Waals surface area (Å²) in [5.41, 5.74) is 0.663. The number of benzene rings is 1. The molecule has 1 aromatic carbocycles. The Kier molecular flexibility index (Phi) is 7.12. The zero-order chi connectivity index (χ0) is 24.3. The minimum absolute atomic E-state index is 0.00599. The van der Waals surface area contributed by atoms with E-state index in [1.165, 1.54) is 31.2 Å². The zero-order valence-electron chi connectivity index (χ0n) is 17.2. The largest absolute Gasteiger partial charge is 0.478 e. The second-order valence-corrected chi connectivity index (χ2v) is 9.98. The molecule has 0 saturated heterocycles. The number of anilines is 2. The van der Waals surface area contributed by atoms with Crippen LogP contribution in [0.25, 0.3) is 0 Å². The first kappa shape index (κ1) is 24.3. The number of sulfonamides is 1. The third kappa shape index (κ3) is 5.73. The standard InChI is InChI=1S/C19H20N4O8S2/c1-9(24)22-10-2-4-12(5-3-10)33(30,31)21-7-11-6-13-14(8-20-11)32-17(15(13)18(26)27)23-16(25)19(28)29/h2-5,11,20-21H,6-8H2,1H3,(H,22,24)(H,23,25)(H,26,27)(H,28,29)/t11-/m1/s1. The lowest BCUT2D eigenvalue weighted by Crippen LogP contribution is -2.44. The van der Waals surface area contributed by atoms with Gasteiger partial charge in [-0.2, -0.15) is 0 Å². The second-order valence-electron chi connectivity index (χ2n) is 7.11. The Morgan fingerprint density at radius 1 is 1.12 bits per heavy atom. The van der Waals surface area contributed by atoms with Crippen LogP contribution in [0.4, 0.5) is 10.7 Å². The van der Waals surface area contributed by atoms with Crippen LogP contribution >= 0.6 is 11.3 Å². The van der Waals surface area contributed by atoms with Crippen LogP contribution in [0.5, 0.6) is 0 Å². The van der Waals surface area contributed by atoms with E-state index in [0.717, 1.165) is 11.3 Å². The van der Waals surface area contributed by atoms with Crippen LogP contribution in [0.15, 0.2) is 29.2 Å². The zero-order valence-corrected chi connectivity index (χ0v) is 18.8. The van der Waals surface area contributed by atoms with Gasteiger partial charge in [-0.25, -0.2) is 22.7 Å². The van der Waals surface area contributed by atoms with E-state index in [1.807, 2.05) is 0 Å². The van der Waals surface area contributed by atoms with Gasteiger partial charge in [0.2, 0.25) is 15.9 Å². The Morgan fingerprint density at radius 2 is 1.79 bits per heavy atom. The molecule has 3 rings (SSSR count). The molecule has 0 radical (unpaired) electrons. The van der Waals surface area contributed by atoms with Gasteiger partial charge < -0.3 is 26.2 Å². The molecular formula is C19H20N4O8S2. The number of hydrogen-bond acceptors (Lipinski definition) is 8. The molecule has 1 aromatic heterocycles. The number of rotatable bonds is 7. The molecule has 0 aliphatic carbocycles. The van der Waals surface area contributed by atoms with Gasteiger partial charge in [0, 0.05) is 36.6 Å². The monoisotopic (exact) mass is 496 g/mol. The molecule has 6 N–H and O–H groups in total. The number of carboxylic acids is 2. The predicted molar refractivity (Wildman–Crippen MR) is 118 cm³/mol. The van der Waals surface area contributed by atoms with Gasteiger partial charge in [0.15, 0.2) is 0 Å². The van der Waals surface area contributed by atoms with E-state index < -0.39 is 33.9 Å². The predicted octanol–water partition coefficient (Wildman–Crippen LogP) is 0.421. The molecule has 33 heavy (non-hydrogen) atoms. The summed E-state index contributed by atoms with van der Waals surface area (Å²) < 4.78 is 27.7. The lowest BCUT2D eigenvalue weighted by Gasteiger charge is -2.24. The van der Waals surface area contributed by atoms with Crippen LogP contribution in [0.2, 0.25) is 0 Å². The van der Waals surface area contributed by atoms with Crippen molar-refractivity contribution in [3.63, 3.8) is 0 Å². The van der Waals surface area contributed by atoms with Crippen LogP contribution in [0, 0.1) is 0 Å². The highest BCUT2D eigenvalue weighted by Gasteiger charge is 2.31. The van der Waals surface area contributed by atoms with Crippen molar-refractivity contribution in [3.8, 4) is 0 Å². The average molecular weight is 497 g/mol. The molecule has 2 heterocycles. The maximum atomic E-state index is 12.6. The van der Waals surface area contributed by atoms with Crippen LogP contribution in [0.1, 0.15) is 27.7 Å². The maximum absolute atomic E-state index is 12.6. The van der Waals surface area contributed by atoms with Crippen molar-refractivity contribution in [2.75, 3.05) is 17.2 Å². The van der Waals surface area contributed by atoms with E-state index in [4.69, 9.17) is 5.11 Å². The number of aromatic carboxylic acids is 1. The minimum Gasteiger partial charge on any atom is -0.478 e. The molecule has 2 amide bonds. The molecule has 1 aliphatic heterocycles. The Balaban J connectivity index is 1.71. The van der Waals surface area contributed by atoms with Crippen molar-refractivity contribution in [2.24, 2.45) is 0 Å². The van der Waals surface area contributed by atoms with Crippen molar-refractivity contribution in [1.29, 1.82) is 0 Å². The molecule has 0 unspecified atom stereocenters. The number of hydrogen-bond donors (Lipinski definition) is 6. The Morgan fingerprint density at radius 3 is 2.36 bits per heavy atom. The topological polar surface area (TPSA) is 191 Å². The van der Waals surface area contributed by atoms with E-state index in [9.17, 15) is 32.7 Å². The summed E-state index contributed by atoms with van der Waals surface area (Å²) in [6.45, 7) is 1.52. The number of carboxylic acid groups (broad SMARTS) is 2. The fraction of sp³-hybridized carbons (Fsp3) is 0.263. The van der Waals surface area contributed by atoms with Gasteiger partial charge in [0.1, 0.15) is 5.00 Å². The Hall–Kier alpha value is -3.33. The van der Waals surface area contributed by atoms with Gasteiger partial charge in [-0.3, -0.25) is 9.59 Å². The molecular weight excluding hydrogens is 476 g/mol. The summed E-state index contributed by atoms with van der Waals surface area (Å²) in [7, 11) is -3.87. The van der Waals surface area contributed by atoms with Crippen molar-refractivity contribution < 1.29 is 37.8 Å². The van der Waals surface area contributed by atoms with Crippen molar-refractivity contribution in [2.45, 2.75) is 30.8 Å². The number of thiophene rings is 1. The number of nitrogens with one attached hydrogen (secondary N) is 4. The fourth-order valence-corrected chi connectivity index (χ4v) is 5.50. The maximum Gasteiger partial charge on any atom is 0.394 e. The van der Waals surface area contributed by atoms with E-state index in [-0.39, 0.29) is 40.9 Å². The number of amides is 2. The number of carbonyl (C=O) groups excluding carboxylic acids is 2. The van der Waals surface area contributed by atoms with Gasteiger partial charge in [0.05, 0.1) is 10.5 Å². The Bertz CT molecular complexity index is 1220. The average Bonchev–Trinajstić information content (AvgIpc) is 3.09. The third-order valence-electron chi connectivity index (χ3n) is 4.73. The van der Waals surface area contributed by atoms with E-state index in [1.54, 1.807) is 0 Å². The van der Waals surface area contributed by atoms with E-state index in [2.05, 4.69) is 20.7 Å². The molecule has 0 bridgehead atoms. The number of fused-ring (bicyclic) bond motifs is 1. The van der Waals surface area contributed by atoms with Crippen LogP contribution < -0.4 is 20.7 Å². The third-order valence-corrected chi connectivity index (χ3v) is 7.32. The first-order chi connectivity index (χ1) is 15.5. The summed E-state index contributed by atoms with van der Waals surface area (Å²) >= 11 is 0.957. The number of aliphatic carboxylic acids is 1. The first-order valence-electron chi connectivity index (χ1n) is 9.50. The van der Waals surface area contributed by atoms with Crippen molar-refractivity contribution >= 4 is 55.8 Å². The van der Waals surface area contributed by atoms with Crippen LogP contribution in [-0.2, 0) is 37.4 Å². The van der Waals surface area contributed by atoms with Crippen molar-refractivity contribution in [1.82, 2.24) is 10.0 Å². The highest BCUT2D eigenvalue weighted by atomic mass is 32.2. The molecule has 1 aliphatic rings. The van der Waals surface area contributed by atoms with E-state index in [0.29, 0.717) is 16.1 Å². The lowest BCUT2D eigenvalue weighted by molar-refractivity contribution is -0.147. The molecule has 14 heteroatoms. The van der Waals surface area contributed by atoms with Crippen LogP contribution in [-0.4, -0.2) is 55.0 Å². The molecule has 1 atom stereocenters. The van der Waals surface area contributed by atoms with Gasteiger partial charge in [0.25, 0.3) is 0 Å². The lowest BCUT2D eigenvalue weighted by atomic mass is 9.98. The quantitative estimate of drug-likeness (QED) is 0.295. The van der Waals surface area contributed by atoms with Crippen molar-refractivity contribution in [3.05, 3.63) is 40.3 Å². The molecule has 0 saturated carbocycles.